The van der Waals surface area contributed by atoms with Crippen LogP contribution in [-0.4, -0.2) is 35.4 Å². The van der Waals surface area contributed by atoms with Gasteiger partial charge in [-0.3, -0.25) is 5.10 Å². The summed E-state index contributed by atoms with van der Waals surface area (Å²) in [5, 5.41) is 13.0. The van der Waals surface area contributed by atoms with E-state index in [4.69, 9.17) is 21.1 Å². The fraction of sp³-hybridized carbons (Fsp3) is 0.211. The van der Waals surface area contributed by atoms with Crippen LogP contribution in [0.2, 0.25) is 5.02 Å². The van der Waals surface area contributed by atoms with E-state index < -0.39 is 12.1 Å². The number of hydrogen-bond donors (Lipinski definition) is 3. The van der Waals surface area contributed by atoms with Crippen LogP contribution in [0.3, 0.4) is 0 Å². The van der Waals surface area contributed by atoms with Crippen LogP contribution in [0.1, 0.15) is 23.3 Å². The lowest BCUT2D eigenvalue weighted by atomic mass is 10.1. The van der Waals surface area contributed by atoms with Gasteiger partial charge in [0.25, 0.3) is 0 Å². The molecule has 3 rings (SSSR count). The summed E-state index contributed by atoms with van der Waals surface area (Å²) >= 11 is 6.11. The third-order valence-corrected chi connectivity index (χ3v) is 4.30. The lowest BCUT2D eigenvalue weighted by Crippen LogP contribution is -2.34. The lowest BCUT2D eigenvalue weighted by molar-refractivity contribution is 0.249. The van der Waals surface area contributed by atoms with E-state index in [9.17, 15) is 4.79 Å². The predicted octanol–water partition coefficient (Wildman–Crippen LogP) is 3.69. The number of carbonyl (C=O) groups is 1. The molecule has 3 aromatic rings. The van der Waals surface area contributed by atoms with Crippen molar-refractivity contribution in [3.05, 3.63) is 64.7 Å². The molecule has 2 amide bonds. The molecule has 3 N–H and O–H groups in total. The number of rotatable bonds is 6. The number of urea groups is 1. The van der Waals surface area contributed by atoms with Crippen LogP contribution in [-0.2, 0) is 0 Å². The summed E-state index contributed by atoms with van der Waals surface area (Å²) in [4.78, 5) is 17.1. The predicted molar refractivity (Wildman–Crippen MR) is 106 cm³/mol. The third kappa shape index (κ3) is 4.34. The molecule has 8 nitrogen and oxygen atoms in total. The van der Waals surface area contributed by atoms with E-state index in [1.165, 1.54) is 14.2 Å². The molecule has 1 unspecified atom stereocenters. The van der Waals surface area contributed by atoms with Gasteiger partial charge in [0, 0.05) is 12.1 Å². The highest BCUT2D eigenvalue weighted by Gasteiger charge is 2.22. The smallest absolute Gasteiger partial charge is 0.320 e. The molecule has 0 spiro atoms. The highest BCUT2D eigenvalue weighted by atomic mass is 35.5. The molecule has 2 aromatic carbocycles. The van der Waals surface area contributed by atoms with Crippen molar-refractivity contribution in [3.8, 4) is 11.5 Å². The van der Waals surface area contributed by atoms with Gasteiger partial charge in [0.05, 0.1) is 24.9 Å². The Morgan fingerprint density at radius 3 is 2.46 bits per heavy atom. The largest absolute Gasteiger partial charge is 0.495 e. The van der Waals surface area contributed by atoms with Gasteiger partial charge in [-0.2, -0.15) is 5.10 Å². The number of amides is 2. The molecule has 28 heavy (non-hydrogen) atoms. The summed E-state index contributed by atoms with van der Waals surface area (Å²) in [5.41, 5.74) is 1.26. The van der Waals surface area contributed by atoms with E-state index in [0.29, 0.717) is 33.9 Å². The number of nitrogens with zero attached hydrogens (tertiary/aromatic N) is 2. The average Bonchev–Trinajstić information content (AvgIpc) is 3.13. The Morgan fingerprint density at radius 1 is 1.14 bits per heavy atom. The molecule has 0 bridgehead atoms. The van der Waals surface area contributed by atoms with Crippen LogP contribution in [0.25, 0.3) is 0 Å². The Morgan fingerprint density at radius 2 is 1.86 bits per heavy atom. The molecule has 0 radical (unpaired) electrons. The van der Waals surface area contributed by atoms with Crippen molar-refractivity contribution in [2.75, 3.05) is 19.5 Å². The normalized spacial score (nSPS) is 11.6. The number of aromatic nitrogens is 3. The molecule has 0 aliphatic heterocycles. The van der Waals surface area contributed by atoms with E-state index in [-0.39, 0.29) is 0 Å². The van der Waals surface area contributed by atoms with E-state index in [1.54, 1.807) is 19.1 Å². The van der Waals surface area contributed by atoms with Gasteiger partial charge in [0.15, 0.2) is 5.82 Å². The SMILES string of the molecule is COc1cc(NC(=O)NC(c2ccccc2)c2n[nH]c(C)n2)c(OC)cc1Cl. The fourth-order valence-corrected chi connectivity index (χ4v) is 2.91. The highest BCUT2D eigenvalue weighted by molar-refractivity contribution is 6.32. The first kappa shape index (κ1) is 19.5. The van der Waals surface area contributed by atoms with E-state index in [0.717, 1.165) is 5.56 Å². The monoisotopic (exact) mass is 401 g/mol. The van der Waals surface area contributed by atoms with Gasteiger partial charge in [0.2, 0.25) is 0 Å². The maximum absolute atomic E-state index is 12.7. The molecule has 0 saturated heterocycles. The van der Waals surface area contributed by atoms with Crippen molar-refractivity contribution in [3.63, 3.8) is 0 Å². The number of anilines is 1. The van der Waals surface area contributed by atoms with Crippen LogP contribution in [0.5, 0.6) is 11.5 Å². The standard InChI is InChI=1S/C19H20ClN5O3/c1-11-21-18(25-24-11)17(12-7-5-4-6-8-12)23-19(26)22-14-10-15(27-2)13(20)9-16(14)28-3/h4-10,17H,1-3H3,(H,21,24,25)(H2,22,23,26). The number of halogens is 1. The average molecular weight is 402 g/mol. The number of H-pyrrole nitrogens is 1. The second kappa shape index (κ2) is 8.62. The number of ether oxygens (including phenoxy) is 2. The third-order valence-electron chi connectivity index (χ3n) is 4.00. The first-order valence-electron chi connectivity index (χ1n) is 8.44. The molecular weight excluding hydrogens is 382 g/mol. The number of methoxy groups -OCH3 is 2. The summed E-state index contributed by atoms with van der Waals surface area (Å²) in [7, 11) is 2.99. The zero-order valence-electron chi connectivity index (χ0n) is 15.6. The first-order chi connectivity index (χ1) is 13.5. The number of nitrogens with one attached hydrogen (secondary N) is 3. The molecule has 0 aliphatic rings. The van der Waals surface area contributed by atoms with E-state index in [1.807, 2.05) is 30.3 Å². The minimum atomic E-state index is -0.536. The Balaban J connectivity index is 1.85. The van der Waals surface area contributed by atoms with Crippen molar-refractivity contribution in [1.82, 2.24) is 20.5 Å². The number of benzene rings is 2. The van der Waals surface area contributed by atoms with Gasteiger partial charge in [-0.15, -0.1) is 0 Å². The second-order valence-electron chi connectivity index (χ2n) is 5.91. The summed E-state index contributed by atoms with van der Waals surface area (Å²) < 4.78 is 10.5. The molecule has 9 heteroatoms. The lowest BCUT2D eigenvalue weighted by Gasteiger charge is -2.18. The van der Waals surface area contributed by atoms with Crippen molar-refractivity contribution >= 4 is 23.3 Å². The minimum Gasteiger partial charge on any atom is -0.495 e. The molecule has 1 atom stereocenters. The number of aromatic amines is 1. The fourth-order valence-electron chi connectivity index (χ4n) is 2.68. The Hall–Kier alpha value is -3.26. The number of carbonyl (C=O) groups excluding carboxylic acids is 1. The van der Waals surface area contributed by atoms with Crippen LogP contribution in [0.4, 0.5) is 10.5 Å². The van der Waals surface area contributed by atoms with Gasteiger partial charge in [-0.25, -0.2) is 9.78 Å². The summed E-state index contributed by atoms with van der Waals surface area (Å²) in [6.07, 6.45) is 0. The Kier molecular flexibility index (Phi) is 6.00. The van der Waals surface area contributed by atoms with Gasteiger partial charge in [0.1, 0.15) is 23.4 Å². The highest BCUT2D eigenvalue weighted by Crippen LogP contribution is 2.35. The quantitative estimate of drug-likeness (QED) is 0.584. The van der Waals surface area contributed by atoms with Crippen molar-refractivity contribution in [2.45, 2.75) is 13.0 Å². The Bertz CT molecular complexity index is 961. The zero-order valence-corrected chi connectivity index (χ0v) is 16.4. The van der Waals surface area contributed by atoms with Crippen LogP contribution >= 0.6 is 11.6 Å². The molecule has 1 heterocycles. The van der Waals surface area contributed by atoms with Crippen LogP contribution in [0, 0.1) is 6.92 Å². The molecule has 0 saturated carbocycles. The summed E-state index contributed by atoms with van der Waals surface area (Å²) in [5.74, 6) is 1.94. The van der Waals surface area contributed by atoms with Crippen LogP contribution in [0.15, 0.2) is 42.5 Å². The Labute approximate surface area is 167 Å². The molecular formula is C19H20ClN5O3. The minimum absolute atomic E-state index is 0.378. The van der Waals surface area contributed by atoms with E-state index >= 15 is 0 Å². The maximum Gasteiger partial charge on any atom is 0.320 e. The molecule has 146 valence electrons. The van der Waals surface area contributed by atoms with Gasteiger partial charge in [-0.1, -0.05) is 41.9 Å². The first-order valence-corrected chi connectivity index (χ1v) is 8.82. The van der Waals surface area contributed by atoms with E-state index in [2.05, 4.69) is 25.8 Å². The van der Waals surface area contributed by atoms with Gasteiger partial charge in [-0.05, 0) is 12.5 Å². The van der Waals surface area contributed by atoms with Gasteiger partial charge >= 0.3 is 6.03 Å². The molecule has 1 aromatic heterocycles. The molecule has 0 aliphatic carbocycles. The van der Waals surface area contributed by atoms with Crippen molar-refractivity contribution in [2.24, 2.45) is 0 Å². The number of hydrogen-bond acceptors (Lipinski definition) is 5. The van der Waals surface area contributed by atoms with Crippen LogP contribution < -0.4 is 20.1 Å². The second-order valence-corrected chi connectivity index (χ2v) is 6.32. The summed E-state index contributed by atoms with van der Waals surface area (Å²) in [6.45, 7) is 1.80. The zero-order chi connectivity index (χ0) is 20.1. The topological polar surface area (TPSA) is 101 Å². The van der Waals surface area contributed by atoms with Crippen molar-refractivity contribution in [1.29, 1.82) is 0 Å². The molecule has 0 fully saturated rings. The summed E-state index contributed by atoms with van der Waals surface area (Å²) in [6, 6.07) is 11.6. The number of aryl methyl sites for hydroxylation is 1. The van der Waals surface area contributed by atoms with Gasteiger partial charge < -0.3 is 20.1 Å². The maximum atomic E-state index is 12.7. The van der Waals surface area contributed by atoms with Crippen molar-refractivity contribution < 1.29 is 14.3 Å².